The monoisotopic (exact) mass is 624 g/mol. The number of furan rings is 1. The van der Waals surface area contributed by atoms with E-state index in [9.17, 15) is 0 Å². The first kappa shape index (κ1) is 28.4. The molecule has 0 amide bonds. The van der Waals surface area contributed by atoms with Crippen LogP contribution in [0.1, 0.15) is 51.3 Å². The van der Waals surface area contributed by atoms with Crippen LogP contribution in [0.4, 0.5) is 0 Å². The minimum atomic E-state index is 0.958. The summed E-state index contributed by atoms with van der Waals surface area (Å²) in [5.41, 5.74) is 5.79. The van der Waals surface area contributed by atoms with Crippen molar-refractivity contribution < 1.29 is 4.42 Å². The van der Waals surface area contributed by atoms with Crippen LogP contribution in [0.15, 0.2) is 80.1 Å². The van der Waals surface area contributed by atoms with E-state index in [0.29, 0.717) is 0 Å². The Labute approximate surface area is 235 Å². The Kier molecular flexibility index (Phi) is 10.2. The molecule has 0 radical (unpaired) electrons. The Morgan fingerprint density at radius 3 is 2.14 bits per heavy atom. The highest BCUT2D eigenvalue weighted by molar-refractivity contribution is 9.11. The molecule has 0 saturated heterocycles. The number of fused-ring (bicyclic) bond motifs is 6. The molecule has 0 saturated carbocycles. The SMILES string of the molecule is CC.CC.CCc1ccc2oc3cc(C)cc(Br)c3c2c1.Cc1ccc2sc3cccc(Br)c3c2c1. The summed E-state index contributed by atoms with van der Waals surface area (Å²) >= 11 is 9.12. The predicted octanol–water partition coefficient (Wildman–Crippen LogP) is 12.4. The first-order valence-electron chi connectivity index (χ1n) is 12.6. The van der Waals surface area contributed by atoms with Crippen molar-refractivity contribution in [3.63, 3.8) is 0 Å². The summed E-state index contributed by atoms with van der Waals surface area (Å²) < 4.78 is 10.9. The van der Waals surface area contributed by atoms with Crippen LogP contribution in [0.5, 0.6) is 0 Å². The fourth-order valence-electron chi connectivity index (χ4n) is 4.15. The Hall–Kier alpha value is -2.14. The van der Waals surface area contributed by atoms with Gasteiger partial charge < -0.3 is 4.42 Å². The summed E-state index contributed by atoms with van der Waals surface area (Å²) in [7, 11) is 0. The van der Waals surface area contributed by atoms with Gasteiger partial charge in [-0.15, -0.1) is 11.3 Å². The molecule has 2 aromatic heterocycles. The number of aryl methyl sites for hydroxylation is 3. The van der Waals surface area contributed by atoms with Crippen molar-refractivity contribution in [2.75, 3.05) is 0 Å². The fraction of sp³-hybridized carbons (Fsp3) is 0.250. The number of thiophene rings is 1. The van der Waals surface area contributed by atoms with Gasteiger partial charge in [0.25, 0.3) is 0 Å². The summed E-state index contributed by atoms with van der Waals surface area (Å²) in [6.07, 6.45) is 1.05. The molecule has 6 rings (SSSR count). The highest BCUT2D eigenvalue weighted by atomic mass is 79.9. The average molecular weight is 626 g/mol. The van der Waals surface area contributed by atoms with Crippen LogP contribution in [0.2, 0.25) is 0 Å². The Bertz CT molecular complexity index is 1610. The predicted molar refractivity (Wildman–Crippen MR) is 170 cm³/mol. The third kappa shape index (κ3) is 5.88. The topological polar surface area (TPSA) is 13.1 Å². The summed E-state index contributed by atoms with van der Waals surface area (Å²) in [5.74, 6) is 0. The quantitative estimate of drug-likeness (QED) is 0.177. The van der Waals surface area contributed by atoms with Crippen LogP contribution < -0.4 is 0 Å². The third-order valence-corrected chi connectivity index (χ3v) is 8.16. The average Bonchev–Trinajstić information content (AvgIpc) is 3.44. The molecule has 4 heteroatoms. The molecule has 0 spiro atoms. The van der Waals surface area contributed by atoms with Gasteiger partial charge in [-0.1, -0.05) is 90.2 Å². The minimum Gasteiger partial charge on any atom is -0.456 e. The summed E-state index contributed by atoms with van der Waals surface area (Å²) in [6.45, 7) is 14.4. The second-order valence-electron chi connectivity index (χ2n) is 8.12. The lowest BCUT2D eigenvalue weighted by atomic mass is 10.1. The van der Waals surface area contributed by atoms with Gasteiger partial charge in [0.15, 0.2) is 0 Å². The van der Waals surface area contributed by atoms with Gasteiger partial charge in [-0.2, -0.15) is 0 Å². The van der Waals surface area contributed by atoms with Crippen molar-refractivity contribution in [1.29, 1.82) is 0 Å². The van der Waals surface area contributed by atoms with E-state index in [0.717, 1.165) is 22.1 Å². The molecule has 0 aliphatic carbocycles. The van der Waals surface area contributed by atoms with E-state index >= 15 is 0 Å². The molecule has 188 valence electrons. The summed E-state index contributed by atoms with van der Waals surface area (Å²) in [4.78, 5) is 0. The number of hydrogen-bond acceptors (Lipinski definition) is 2. The third-order valence-electron chi connectivity index (χ3n) is 5.74. The van der Waals surface area contributed by atoms with E-state index < -0.39 is 0 Å². The highest BCUT2D eigenvalue weighted by Crippen LogP contribution is 2.38. The maximum atomic E-state index is 5.88. The van der Waals surface area contributed by atoms with Gasteiger partial charge in [-0.3, -0.25) is 0 Å². The molecule has 6 aromatic rings. The zero-order valence-corrected chi connectivity index (χ0v) is 26.1. The molecular weight excluding hydrogens is 592 g/mol. The summed E-state index contributed by atoms with van der Waals surface area (Å²) in [5, 5.41) is 5.09. The van der Waals surface area contributed by atoms with Gasteiger partial charge in [0.05, 0.1) is 0 Å². The molecule has 0 aliphatic rings. The number of benzene rings is 4. The maximum absolute atomic E-state index is 5.88. The molecule has 2 heterocycles. The van der Waals surface area contributed by atoms with Crippen molar-refractivity contribution in [1.82, 2.24) is 0 Å². The van der Waals surface area contributed by atoms with Crippen molar-refractivity contribution in [3.8, 4) is 0 Å². The molecule has 0 aliphatic heterocycles. The molecule has 0 bridgehead atoms. The molecule has 0 unspecified atom stereocenters. The van der Waals surface area contributed by atoms with Crippen LogP contribution in [0.25, 0.3) is 42.1 Å². The van der Waals surface area contributed by atoms with Gasteiger partial charge in [-0.05, 0) is 79.9 Å². The van der Waals surface area contributed by atoms with Crippen LogP contribution in [0, 0.1) is 13.8 Å². The van der Waals surface area contributed by atoms with E-state index in [1.165, 1.54) is 52.1 Å². The van der Waals surface area contributed by atoms with E-state index in [2.05, 4.69) is 119 Å². The lowest BCUT2D eigenvalue weighted by molar-refractivity contribution is 0.668. The number of hydrogen-bond donors (Lipinski definition) is 0. The van der Waals surface area contributed by atoms with Crippen LogP contribution in [-0.2, 0) is 6.42 Å². The van der Waals surface area contributed by atoms with Crippen LogP contribution in [-0.4, -0.2) is 0 Å². The maximum Gasteiger partial charge on any atom is 0.136 e. The second kappa shape index (κ2) is 12.9. The van der Waals surface area contributed by atoms with Gasteiger partial charge in [-0.25, -0.2) is 0 Å². The van der Waals surface area contributed by atoms with E-state index in [-0.39, 0.29) is 0 Å². The molecule has 1 nitrogen and oxygen atoms in total. The first-order valence-corrected chi connectivity index (χ1v) is 15.0. The zero-order valence-electron chi connectivity index (χ0n) is 22.1. The number of halogens is 2. The van der Waals surface area contributed by atoms with Crippen LogP contribution in [0.3, 0.4) is 0 Å². The first-order chi connectivity index (χ1) is 17.4. The molecular formula is C32H34Br2OS. The molecule has 0 N–H and O–H groups in total. The van der Waals surface area contributed by atoms with Gasteiger partial charge in [0, 0.05) is 39.9 Å². The molecule has 0 fully saturated rings. The molecule has 4 aromatic carbocycles. The number of rotatable bonds is 1. The lowest BCUT2D eigenvalue weighted by Crippen LogP contribution is -1.78. The van der Waals surface area contributed by atoms with Gasteiger partial charge in [0.2, 0.25) is 0 Å². The van der Waals surface area contributed by atoms with Crippen molar-refractivity contribution in [2.24, 2.45) is 0 Å². The molecule has 0 atom stereocenters. The standard InChI is InChI=1S/C15H13BrO.C13H9BrS.2C2H6/c1-3-10-4-5-13-11(8-10)15-12(16)6-9(2)7-14(15)17-13;1-8-5-6-11-9(7-8)13-10(14)3-2-4-12(13)15-11;2*1-2/h4-8H,3H2,1-2H3;2-7H,1H3;2*1-2H3. The normalized spacial score (nSPS) is 10.5. The van der Waals surface area contributed by atoms with E-state index in [4.69, 9.17) is 4.42 Å². The molecule has 36 heavy (non-hydrogen) atoms. The Morgan fingerprint density at radius 2 is 1.42 bits per heavy atom. The van der Waals surface area contributed by atoms with Crippen molar-refractivity contribution in [3.05, 3.63) is 92.4 Å². The van der Waals surface area contributed by atoms with E-state index in [1.807, 2.05) is 39.0 Å². The van der Waals surface area contributed by atoms with Gasteiger partial charge >= 0.3 is 0 Å². The van der Waals surface area contributed by atoms with Crippen LogP contribution >= 0.6 is 43.2 Å². The smallest absolute Gasteiger partial charge is 0.136 e. The largest absolute Gasteiger partial charge is 0.456 e. The van der Waals surface area contributed by atoms with Crippen molar-refractivity contribution in [2.45, 2.75) is 54.9 Å². The van der Waals surface area contributed by atoms with Crippen molar-refractivity contribution >= 4 is 85.3 Å². The minimum absolute atomic E-state index is 0.958. The lowest BCUT2D eigenvalue weighted by Gasteiger charge is -1.98. The fourth-order valence-corrected chi connectivity index (χ4v) is 6.74. The second-order valence-corrected chi connectivity index (χ2v) is 10.9. The Morgan fingerprint density at radius 1 is 0.667 bits per heavy atom. The zero-order chi connectivity index (χ0) is 26.4. The Balaban J connectivity index is 0.000000177. The van der Waals surface area contributed by atoms with Gasteiger partial charge in [0.1, 0.15) is 11.2 Å². The highest BCUT2D eigenvalue weighted by Gasteiger charge is 2.11. The summed E-state index contributed by atoms with van der Waals surface area (Å²) in [6, 6.07) is 23.7. The van der Waals surface area contributed by atoms with E-state index in [1.54, 1.807) is 0 Å².